The summed E-state index contributed by atoms with van der Waals surface area (Å²) in [4.78, 5) is 0. The third-order valence-corrected chi connectivity index (χ3v) is 1.90. The van der Waals surface area contributed by atoms with Crippen molar-refractivity contribution in [3.63, 3.8) is 0 Å². The van der Waals surface area contributed by atoms with Crippen LogP contribution in [0.2, 0.25) is 0 Å². The number of hydrogen-bond acceptors (Lipinski definition) is 3. The van der Waals surface area contributed by atoms with Gasteiger partial charge in [0.25, 0.3) is 0 Å². The van der Waals surface area contributed by atoms with E-state index in [1.807, 2.05) is 19.1 Å². The average molecular weight is 171 g/mol. The molecule has 64 valence electrons. The van der Waals surface area contributed by atoms with Gasteiger partial charge in [-0.25, -0.2) is 0 Å². The molecule has 0 heterocycles. The van der Waals surface area contributed by atoms with Gasteiger partial charge < -0.3 is 5.73 Å². The molecule has 0 spiro atoms. The summed E-state index contributed by atoms with van der Waals surface area (Å²) in [5.41, 5.74) is 8.33. The number of hydrogen-bond donors (Lipinski definition) is 1. The van der Waals surface area contributed by atoms with Gasteiger partial charge in [0.1, 0.15) is 6.07 Å². The predicted octanol–water partition coefficient (Wildman–Crippen LogP) is 1.51. The SMILES string of the molecule is Cc1cc(N)c(C#N)cc1CC#N. The zero-order chi connectivity index (χ0) is 9.84. The van der Waals surface area contributed by atoms with Crippen LogP contribution in [-0.2, 0) is 6.42 Å². The predicted molar refractivity (Wildman–Crippen MR) is 49.6 cm³/mol. The van der Waals surface area contributed by atoms with Crippen LogP contribution < -0.4 is 5.73 Å². The van der Waals surface area contributed by atoms with Crippen LogP contribution in [0.15, 0.2) is 12.1 Å². The van der Waals surface area contributed by atoms with E-state index >= 15 is 0 Å². The van der Waals surface area contributed by atoms with Crippen molar-refractivity contribution in [2.24, 2.45) is 0 Å². The highest BCUT2D eigenvalue weighted by Crippen LogP contribution is 2.17. The summed E-state index contributed by atoms with van der Waals surface area (Å²) < 4.78 is 0. The van der Waals surface area contributed by atoms with Gasteiger partial charge in [0.15, 0.2) is 0 Å². The lowest BCUT2D eigenvalue weighted by Crippen LogP contribution is -1.95. The van der Waals surface area contributed by atoms with Gasteiger partial charge in [-0.2, -0.15) is 10.5 Å². The van der Waals surface area contributed by atoms with Crippen LogP contribution in [0.5, 0.6) is 0 Å². The smallest absolute Gasteiger partial charge is 0.101 e. The van der Waals surface area contributed by atoms with E-state index in [4.69, 9.17) is 16.3 Å². The van der Waals surface area contributed by atoms with E-state index < -0.39 is 0 Å². The summed E-state index contributed by atoms with van der Waals surface area (Å²) in [6.45, 7) is 1.88. The molecule has 1 aromatic rings. The van der Waals surface area contributed by atoms with Crippen LogP contribution in [0.3, 0.4) is 0 Å². The summed E-state index contributed by atoms with van der Waals surface area (Å²) >= 11 is 0. The lowest BCUT2D eigenvalue weighted by molar-refractivity contribution is 1.21. The van der Waals surface area contributed by atoms with Crippen LogP contribution in [0.25, 0.3) is 0 Å². The monoisotopic (exact) mass is 171 g/mol. The van der Waals surface area contributed by atoms with Crippen molar-refractivity contribution in [1.29, 1.82) is 10.5 Å². The number of aryl methyl sites for hydroxylation is 1. The van der Waals surface area contributed by atoms with Gasteiger partial charge in [0.2, 0.25) is 0 Å². The molecular weight excluding hydrogens is 162 g/mol. The number of benzene rings is 1. The Bertz CT molecular complexity index is 407. The van der Waals surface area contributed by atoms with Gasteiger partial charge in [0.05, 0.1) is 18.1 Å². The Morgan fingerprint density at radius 2 is 2.08 bits per heavy atom. The molecule has 0 atom stereocenters. The molecule has 3 heteroatoms. The molecular formula is C10H9N3. The molecule has 0 radical (unpaired) electrons. The Labute approximate surface area is 77.0 Å². The van der Waals surface area contributed by atoms with Crippen LogP contribution in [0.4, 0.5) is 5.69 Å². The quantitative estimate of drug-likeness (QED) is 0.651. The molecule has 0 aliphatic carbocycles. The highest BCUT2D eigenvalue weighted by Gasteiger charge is 2.03. The molecule has 0 aliphatic heterocycles. The van der Waals surface area contributed by atoms with Crippen molar-refractivity contribution >= 4 is 5.69 Å². The van der Waals surface area contributed by atoms with E-state index in [2.05, 4.69) is 0 Å². The maximum atomic E-state index is 8.69. The van der Waals surface area contributed by atoms with Crippen molar-refractivity contribution in [3.8, 4) is 12.1 Å². The summed E-state index contributed by atoms with van der Waals surface area (Å²) in [6, 6.07) is 7.43. The second-order valence-corrected chi connectivity index (χ2v) is 2.81. The molecule has 1 rings (SSSR count). The van der Waals surface area contributed by atoms with E-state index in [1.165, 1.54) is 0 Å². The second-order valence-electron chi connectivity index (χ2n) is 2.81. The molecule has 0 saturated carbocycles. The summed E-state index contributed by atoms with van der Waals surface area (Å²) in [7, 11) is 0. The maximum absolute atomic E-state index is 8.69. The van der Waals surface area contributed by atoms with Gasteiger partial charge in [-0.3, -0.25) is 0 Å². The third kappa shape index (κ3) is 1.77. The third-order valence-electron chi connectivity index (χ3n) is 1.90. The lowest BCUT2D eigenvalue weighted by atomic mass is 10.0. The first kappa shape index (κ1) is 9.09. The molecule has 0 aliphatic rings. The number of anilines is 1. The van der Waals surface area contributed by atoms with E-state index in [1.54, 1.807) is 12.1 Å². The highest BCUT2D eigenvalue weighted by atomic mass is 14.6. The fraction of sp³-hybridized carbons (Fsp3) is 0.200. The van der Waals surface area contributed by atoms with Gasteiger partial charge >= 0.3 is 0 Å². The van der Waals surface area contributed by atoms with Crippen molar-refractivity contribution < 1.29 is 0 Å². The largest absolute Gasteiger partial charge is 0.398 e. The fourth-order valence-corrected chi connectivity index (χ4v) is 1.15. The lowest BCUT2D eigenvalue weighted by Gasteiger charge is -2.04. The molecule has 0 saturated heterocycles. The normalized spacial score (nSPS) is 8.85. The first-order chi connectivity index (χ1) is 6.19. The van der Waals surface area contributed by atoms with Gasteiger partial charge in [-0.1, -0.05) is 0 Å². The molecule has 0 fully saturated rings. The molecule has 0 amide bonds. The maximum Gasteiger partial charge on any atom is 0.101 e. The standard InChI is InChI=1S/C10H9N3/c1-7-4-10(13)9(6-12)5-8(7)2-3-11/h4-5H,2,13H2,1H3. The number of nitrogens with zero attached hydrogens (tertiary/aromatic N) is 2. The fourth-order valence-electron chi connectivity index (χ4n) is 1.15. The van der Waals surface area contributed by atoms with Crippen molar-refractivity contribution in [2.45, 2.75) is 13.3 Å². The van der Waals surface area contributed by atoms with Crippen LogP contribution >= 0.6 is 0 Å². The van der Waals surface area contributed by atoms with Crippen LogP contribution in [0, 0.1) is 29.6 Å². The van der Waals surface area contributed by atoms with E-state index in [0.717, 1.165) is 11.1 Å². The minimum Gasteiger partial charge on any atom is -0.398 e. The van der Waals surface area contributed by atoms with Crippen molar-refractivity contribution in [3.05, 3.63) is 28.8 Å². The van der Waals surface area contributed by atoms with Crippen LogP contribution in [-0.4, -0.2) is 0 Å². The molecule has 1 aromatic carbocycles. The molecule has 0 aromatic heterocycles. The zero-order valence-electron chi connectivity index (χ0n) is 7.33. The number of nitrogen functional groups attached to an aromatic ring is 1. The van der Waals surface area contributed by atoms with Gasteiger partial charge in [0, 0.05) is 5.69 Å². The minimum absolute atomic E-state index is 0.320. The van der Waals surface area contributed by atoms with Crippen molar-refractivity contribution in [2.75, 3.05) is 5.73 Å². The highest BCUT2D eigenvalue weighted by molar-refractivity contribution is 5.57. The van der Waals surface area contributed by atoms with Gasteiger partial charge in [-0.15, -0.1) is 0 Å². The Hall–Kier alpha value is -2.00. The van der Waals surface area contributed by atoms with E-state index in [-0.39, 0.29) is 0 Å². The van der Waals surface area contributed by atoms with Gasteiger partial charge in [-0.05, 0) is 30.2 Å². The molecule has 3 nitrogen and oxygen atoms in total. The summed E-state index contributed by atoms with van der Waals surface area (Å²) in [6.07, 6.45) is 0.320. The number of nitriles is 2. The topological polar surface area (TPSA) is 73.6 Å². The Kier molecular flexibility index (Phi) is 2.52. The summed E-state index contributed by atoms with van der Waals surface area (Å²) in [5, 5.41) is 17.2. The van der Waals surface area contributed by atoms with Crippen molar-refractivity contribution in [1.82, 2.24) is 0 Å². The van der Waals surface area contributed by atoms with E-state index in [9.17, 15) is 0 Å². The number of nitrogens with two attached hydrogens (primary N) is 1. The molecule has 0 unspecified atom stereocenters. The molecule has 13 heavy (non-hydrogen) atoms. The Balaban J connectivity index is 3.26. The zero-order valence-corrected chi connectivity index (χ0v) is 7.33. The Morgan fingerprint density at radius 1 is 1.38 bits per heavy atom. The summed E-state index contributed by atoms with van der Waals surface area (Å²) in [5.74, 6) is 0. The minimum atomic E-state index is 0.320. The second kappa shape index (κ2) is 3.60. The van der Waals surface area contributed by atoms with E-state index in [0.29, 0.717) is 17.7 Å². The number of rotatable bonds is 1. The first-order valence-electron chi connectivity index (χ1n) is 3.85. The first-order valence-corrected chi connectivity index (χ1v) is 3.85. The van der Waals surface area contributed by atoms with Crippen LogP contribution in [0.1, 0.15) is 16.7 Å². The average Bonchev–Trinajstić information content (AvgIpc) is 2.10. The Morgan fingerprint density at radius 3 is 2.62 bits per heavy atom. The molecule has 2 N–H and O–H groups in total. The molecule has 0 bridgehead atoms.